The molecule has 16 heavy (non-hydrogen) atoms. The van der Waals surface area contributed by atoms with Gasteiger partial charge in [-0.1, -0.05) is 6.92 Å². The number of anilines is 1. The van der Waals surface area contributed by atoms with E-state index < -0.39 is 0 Å². The second-order valence-corrected chi connectivity index (χ2v) is 3.77. The molecule has 1 aliphatic heterocycles. The first-order valence-electron chi connectivity index (χ1n) is 5.39. The lowest BCUT2D eigenvalue weighted by molar-refractivity contribution is -0.143. The number of morpholine rings is 1. The number of rotatable bonds is 2. The molecule has 2 rings (SSSR count). The molecule has 0 spiro atoms. The molecule has 1 aliphatic rings. The minimum absolute atomic E-state index is 0.147. The molecule has 1 unspecified atom stereocenters. The predicted molar refractivity (Wildman–Crippen MR) is 58.5 cm³/mol. The maximum atomic E-state index is 11.6. The average molecular weight is 224 g/mol. The van der Waals surface area contributed by atoms with E-state index >= 15 is 0 Å². The van der Waals surface area contributed by atoms with Gasteiger partial charge < -0.3 is 15.4 Å². The molecule has 0 aliphatic carbocycles. The predicted octanol–water partition coefficient (Wildman–Crippen LogP) is 0.233. The minimum Gasteiger partial charge on any atom is -0.396 e. The van der Waals surface area contributed by atoms with Gasteiger partial charge in [-0.2, -0.15) is 5.10 Å². The fourth-order valence-corrected chi connectivity index (χ4v) is 1.75. The van der Waals surface area contributed by atoms with Crippen molar-refractivity contribution < 1.29 is 9.53 Å². The Labute approximate surface area is 94.0 Å². The van der Waals surface area contributed by atoms with Crippen LogP contribution in [0.2, 0.25) is 0 Å². The van der Waals surface area contributed by atoms with E-state index in [1.54, 1.807) is 22.0 Å². The molecule has 6 nitrogen and oxygen atoms in total. The highest BCUT2D eigenvalue weighted by Crippen LogP contribution is 2.16. The zero-order chi connectivity index (χ0) is 11.5. The highest BCUT2D eigenvalue weighted by molar-refractivity contribution is 5.75. The van der Waals surface area contributed by atoms with Crippen molar-refractivity contribution in [2.45, 2.75) is 19.6 Å². The summed E-state index contributed by atoms with van der Waals surface area (Å²) in [7, 11) is 0. The number of aromatic nitrogens is 2. The fraction of sp³-hybridized carbons (Fsp3) is 0.600. The van der Waals surface area contributed by atoms with Crippen LogP contribution in [0, 0.1) is 0 Å². The summed E-state index contributed by atoms with van der Waals surface area (Å²) in [6, 6.07) is 0. The number of carbonyl (C=O) groups excluding carboxylic acids is 1. The first-order chi connectivity index (χ1) is 7.70. The number of hydrogen-bond acceptors (Lipinski definition) is 4. The van der Waals surface area contributed by atoms with Crippen molar-refractivity contribution >= 4 is 11.6 Å². The number of carbonyl (C=O) groups is 1. The van der Waals surface area contributed by atoms with Gasteiger partial charge in [0, 0.05) is 13.0 Å². The van der Waals surface area contributed by atoms with Crippen LogP contribution in [0.15, 0.2) is 12.4 Å². The Kier molecular flexibility index (Phi) is 3.09. The zero-order valence-corrected chi connectivity index (χ0v) is 9.30. The lowest BCUT2D eigenvalue weighted by atomic mass is 10.3. The summed E-state index contributed by atoms with van der Waals surface area (Å²) < 4.78 is 7.21. The van der Waals surface area contributed by atoms with Crippen LogP contribution in [0.1, 0.15) is 19.6 Å². The molecule has 88 valence electrons. The molecular formula is C10H16N4O2. The number of nitrogen functional groups attached to an aromatic ring is 1. The number of hydrogen-bond donors (Lipinski definition) is 1. The Morgan fingerprint density at radius 3 is 3.19 bits per heavy atom. The first kappa shape index (κ1) is 10.9. The average Bonchev–Trinajstić information content (AvgIpc) is 2.75. The van der Waals surface area contributed by atoms with Gasteiger partial charge in [0.1, 0.15) is 0 Å². The van der Waals surface area contributed by atoms with E-state index in [2.05, 4.69) is 5.10 Å². The number of ether oxygens (including phenoxy) is 1. The second-order valence-electron chi connectivity index (χ2n) is 3.77. The molecule has 1 saturated heterocycles. The molecule has 2 N–H and O–H groups in total. The second kappa shape index (κ2) is 4.52. The Bertz CT molecular complexity index is 377. The van der Waals surface area contributed by atoms with Crippen molar-refractivity contribution in [3.05, 3.63) is 12.4 Å². The summed E-state index contributed by atoms with van der Waals surface area (Å²) in [5, 5.41) is 4.09. The molecule has 1 fully saturated rings. The van der Waals surface area contributed by atoms with Crippen molar-refractivity contribution in [1.82, 2.24) is 14.7 Å². The molecule has 6 heteroatoms. The van der Waals surface area contributed by atoms with Crippen LogP contribution in [-0.2, 0) is 9.53 Å². The van der Waals surface area contributed by atoms with Crippen molar-refractivity contribution in [3.63, 3.8) is 0 Å². The van der Waals surface area contributed by atoms with Crippen molar-refractivity contribution in [1.29, 1.82) is 0 Å². The van der Waals surface area contributed by atoms with E-state index in [4.69, 9.17) is 10.5 Å². The number of amides is 1. The maximum absolute atomic E-state index is 11.6. The van der Waals surface area contributed by atoms with Crippen LogP contribution in [0.25, 0.3) is 0 Å². The number of nitrogens with zero attached hydrogens (tertiary/aromatic N) is 3. The lowest BCUT2D eigenvalue weighted by Crippen LogP contribution is -2.43. The Balaban J connectivity index is 2.04. The molecule has 0 saturated carbocycles. The Morgan fingerprint density at radius 1 is 1.75 bits per heavy atom. The largest absolute Gasteiger partial charge is 0.396 e. The van der Waals surface area contributed by atoms with Gasteiger partial charge in [0.05, 0.1) is 31.2 Å². The quantitative estimate of drug-likeness (QED) is 0.780. The van der Waals surface area contributed by atoms with Crippen LogP contribution >= 0.6 is 0 Å². The fourth-order valence-electron chi connectivity index (χ4n) is 1.75. The van der Waals surface area contributed by atoms with Crippen molar-refractivity contribution in [2.75, 3.05) is 25.4 Å². The van der Waals surface area contributed by atoms with Gasteiger partial charge in [0.15, 0.2) is 6.23 Å². The van der Waals surface area contributed by atoms with Gasteiger partial charge in [-0.15, -0.1) is 0 Å². The van der Waals surface area contributed by atoms with Gasteiger partial charge in [0.25, 0.3) is 0 Å². The molecule has 1 amide bonds. The van der Waals surface area contributed by atoms with Gasteiger partial charge in [0.2, 0.25) is 5.91 Å². The van der Waals surface area contributed by atoms with E-state index in [1.807, 2.05) is 6.92 Å². The Hall–Kier alpha value is -1.56. The molecule has 0 radical (unpaired) electrons. The third-order valence-electron chi connectivity index (χ3n) is 2.62. The van der Waals surface area contributed by atoms with Crippen LogP contribution in [-0.4, -0.2) is 40.3 Å². The van der Waals surface area contributed by atoms with Crippen molar-refractivity contribution in [2.24, 2.45) is 0 Å². The normalized spacial score (nSPS) is 21.1. The maximum Gasteiger partial charge on any atom is 0.222 e. The van der Waals surface area contributed by atoms with E-state index in [1.165, 1.54) is 0 Å². The molecule has 0 aromatic carbocycles. The van der Waals surface area contributed by atoms with Gasteiger partial charge in [-0.05, 0) is 0 Å². The third kappa shape index (κ3) is 2.16. The molecule has 0 bridgehead atoms. The molecule has 1 atom stereocenters. The molecule has 2 heterocycles. The summed E-state index contributed by atoms with van der Waals surface area (Å²) >= 11 is 0. The first-order valence-corrected chi connectivity index (χ1v) is 5.39. The van der Waals surface area contributed by atoms with Gasteiger partial charge >= 0.3 is 0 Å². The minimum atomic E-state index is -0.221. The summed E-state index contributed by atoms with van der Waals surface area (Å²) in [5.41, 5.74) is 6.19. The lowest BCUT2D eigenvalue weighted by Gasteiger charge is -2.32. The van der Waals surface area contributed by atoms with Crippen molar-refractivity contribution in [3.8, 4) is 0 Å². The smallest absolute Gasteiger partial charge is 0.222 e. The summed E-state index contributed by atoms with van der Waals surface area (Å²) in [4.78, 5) is 13.4. The summed E-state index contributed by atoms with van der Waals surface area (Å²) in [6.45, 7) is 3.59. The van der Waals surface area contributed by atoms with Crippen LogP contribution < -0.4 is 5.73 Å². The van der Waals surface area contributed by atoms with Gasteiger partial charge in [-0.3, -0.25) is 4.79 Å². The van der Waals surface area contributed by atoms with Gasteiger partial charge in [-0.25, -0.2) is 4.68 Å². The van der Waals surface area contributed by atoms with Crippen LogP contribution in [0.5, 0.6) is 0 Å². The third-order valence-corrected chi connectivity index (χ3v) is 2.62. The monoisotopic (exact) mass is 224 g/mol. The van der Waals surface area contributed by atoms with Crippen LogP contribution in [0.4, 0.5) is 5.69 Å². The zero-order valence-electron chi connectivity index (χ0n) is 9.30. The Morgan fingerprint density at radius 2 is 2.56 bits per heavy atom. The SMILES string of the molecule is CCC(=O)N1CCOC(n2cc(N)cn2)C1. The molecular weight excluding hydrogens is 208 g/mol. The highest BCUT2D eigenvalue weighted by atomic mass is 16.5. The molecule has 1 aromatic heterocycles. The van der Waals surface area contributed by atoms with E-state index in [-0.39, 0.29) is 12.1 Å². The topological polar surface area (TPSA) is 73.4 Å². The van der Waals surface area contributed by atoms with E-state index in [0.29, 0.717) is 31.8 Å². The standard InChI is InChI=1S/C10H16N4O2/c1-2-9(15)13-3-4-16-10(7-13)14-6-8(11)5-12-14/h5-6,10H,2-4,7,11H2,1H3. The highest BCUT2D eigenvalue weighted by Gasteiger charge is 2.24. The summed E-state index contributed by atoms with van der Waals surface area (Å²) in [6.07, 6.45) is 3.59. The number of nitrogens with two attached hydrogens (primary N) is 1. The molecule has 1 aromatic rings. The van der Waals surface area contributed by atoms with E-state index in [0.717, 1.165) is 0 Å². The summed E-state index contributed by atoms with van der Waals surface area (Å²) in [5.74, 6) is 0.147. The van der Waals surface area contributed by atoms with E-state index in [9.17, 15) is 4.79 Å². The van der Waals surface area contributed by atoms with Crippen LogP contribution in [0.3, 0.4) is 0 Å².